The average molecular weight is 618 g/mol. The van der Waals surface area contributed by atoms with Gasteiger partial charge in [-0.05, 0) is 106 Å². The Morgan fingerprint density at radius 3 is 2.47 bits per heavy atom. The lowest BCUT2D eigenvalue weighted by atomic mass is 9.95. The van der Waals surface area contributed by atoms with Crippen molar-refractivity contribution >= 4 is 22.3 Å². The number of aliphatic hydroxyl groups excluding tert-OH is 1. The van der Waals surface area contributed by atoms with Crippen LogP contribution in [0.15, 0.2) is 64.5 Å². The second kappa shape index (κ2) is 14.2. The zero-order valence-electron chi connectivity index (χ0n) is 27.5. The van der Waals surface area contributed by atoms with E-state index in [2.05, 4.69) is 46.0 Å². The van der Waals surface area contributed by atoms with Gasteiger partial charge in [0.05, 0.1) is 5.54 Å². The number of hydrogen-bond donors (Lipinski definition) is 2. The van der Waals surface area contributed by atoms with Crippen LogP contribution < -0.4 is 10.2 Å². The zero-order chi connectivity index (χ0) is 31.4. The number of likely N-dealkylation sites (tertiary alicyclic amines) is 1. The van der Waals surface area contributed by atoms with Gasteiger partial charge in [0.1, 0.15) is 18.3 Å². The topological polar surface area (TPSA) is 63.6 Å². The largest absolute Gasteiger partial charge is 0.476 e. The smallest absolute Gasteiger partial charge is 0.211 e. The van der Waals surface area contributed by atoms with Crippen LogP contribution in [0.1, 0.15) is 71.6 Å². The van der Waals surface area contributed by atoms with E-state index in [4.69, 9.17) is 14.8 Å². The van der Waals surface area contributed by atoms with E-state index in [9.17, 15) is 0 Å². The number of hydrogen-bond acceptors (Lipinski definition) is 6. The Morgan fingerprint density at radius 1 is 1.07 bits per heavy atom. The predicted octanol–water partition coefficient (Wildman–Crippen LogP) is 6.24. The number of fused-ring (bicyclic) bond motifs is 4. The number of anilines is 1. The number of benzene rings is 2. The summed E-state index contributed by atoms with van der Waals surface area (Å²) in [7, 11) is 1.00. The van der Waals surface area contributed by atoms with Crippen LogP contribution in [-0.2, 0) is 4.74 Å². The zero-order valence-corrected chi connectivity index (χ0v) is 27.5. The molecular formula is C37H52FN5O2. The number of aliphatic imine (C=N–C) groups is 1. The molecule has 0 amide bonds. The van der Waals surface area contributed by atoms with Gasteiger partial charge in [-0.15, -0.1) is 0 Å². The molecule has 45 heavy (non-hydrogen) atoms. The molecule has 2 bridgehead atoms. The van der Waals surface area contributed by atoms with Gasteiger partial charge in [0, 0.05) is 56.4 Å². The maximum atomic E-state index is 15.0. The fourth-order valence-electron chi connectivity index (χ4n) is 8.45. The van der Waals surface area contributed by atoms with Gasteiger partial charge in [-0.1, -0.05) is 37.6 Å². The third kappa shape index (κ3) is 6.65. The second-order valence-corrected chi connectivity index (χ2v) is 13.6. The number of nitrogens with zero attached hydrogens (tertiary/aromatic N) is 4. The van der Waals surface area contributed by atoms with E-state index in [1.54, 1.807) is 12.1 Å². The predicted molar refractivity (Wildman–Crippen MR) is 182 cm³/mol. The number of halogens is 1. The molecule has 8 heteroatoms. The van der Waals surface area contributed by atoms with Crippen molar-refractivity contribution < 1.29 is 14.2 Å². The summed E-state index contributed by atoms with van der Waals surface area (Å²) in [6, 6.07) is 12.6. The van der Waals surface area contributed by atoms with Crippen LogP contribution in [0.2, 0.25) is 0 Å². The standard InChI is InChI=1S/C36H48FN5O.CH4O/c1-3-4-13-33(43-25-36-17-7-19-42(36)20-8-18-36)39-35(41-23-28-14-15-29(24-41)38-28)30-16-21-40(22-26(30)2)32-12-6-10-27-9-5-11-31(37)34(27)32;1-2/h5-6,9-13,28-29,38H,3-4,7-8,14-25H2,1-2H3;2H,1H3/b33-13-,39-35+;. The summed E-state index contributed by atoms with van der Waals surface area (Å²) in [5.74, 6) is 1.76. The van der Waals surface area contributed by atoms with Crippen molar-refractivity contribution in [3.63, 3.8) is 0 Å². The van der Waals surface area contributed by atoms with Crippen LogP contribution >= 0.6 is 0 Å². The number of ether oxygens (including phenoxy) is 1. The van der Waals surface area contributed by atoms with E-state index in [0.717, 1.165) is 87.3 Å². The van der Waals surface area contributed by atoms with Gasteiger partial charge in [0.25, 0.3) is 0 Å². The van der Waals surface area contributed by atoms with Gasteiger partial charge in [-0.3, -0.25) is 4.90 Å². The van der Waals surface area contributed by atoms with Crippen molar-refractivity contribution in [2.24, 2.45) is 4.99 Å². The van der Waals surface area contributed by atoms with E-state index in [0.29, 0.717) is 12.1 Å². The molecule has 2 unspecified atom stereocenters. The molecule has 5 aliphatic heterocycles. The third-order valence-electron chi connectivity index (χ3n) is 10.7. The summed E-state index contributed by atoms with van der Waals surface area (Å²) >= 11 is 0. The normalized spacial score (nSPS) is 25.1. The number of aliphatic hydroxyl groups is 1. The van der Waals surface area contributed by atoms with Crippen molar-refractivity contribution in [2.75, 3.05) is 57.9 Å². The molecule has 0 radical (unpaired) electrons. The van der Waals surface area contributed by atoms with Crippen molar-refractivity contribution in [1.29, 1.82) is 0 Å². The van der Waals surface area contributed by atoms with Crippen LogP contribution in [-0.4, -0.2) is 91.3 Å². The van der Waals surface area contributed by atoms with Crippen LogP contribution in [0.25, 0.3) is 10.8 Å². The van der Waals surface area contributed by atoms with Crippen LogP contribution in [0.5, 0.6) is 0 Å². The molecule has 0 spiro atoms. The number of amidine groups is 1. The van der Waals surface area contributed by atoms with Crippen LogP contribution in [0, 0.1) is 5.82 Å². The quantitative estimate of drug-likeness (QED) is 0.208. The Kier molecular flexibility index (Phi) is 10.1. The first-order valence-electron chi connectivity index (χ1n) is 17.3. The summed E-state index contributed by atoms with van der Waals surface area (Å²) in [5.41, 5.74) is 3.83. The monoisotopic (exact) mass is 617 g/mol. The van der Waals surface area contributed by atoms with Crippen LogP contribution in [0.4, 0.5) is 10.1 Å². The first-order chi connectivity index (χ1) is 22.0. The minimum atomic E-state index is -0.149. The van der Waals surface area contributed by atoms with E-state index in [1.165, 1.54) is 62.8 Å². The number of rotatable bonds is 8. The first-order valence-corrected chi connectivity index (χ1v) is 17.3. The molecule has 0 aromatic heterocycles. The molecule has 7 rings (SSSR count). The molecule has 2 aromatic rings. The minimum absolute atomic E-state index is 0.149. The summed E-state index contributed by atoms with van der Waals surface area (Å²) in [6.07, 6.45) is 12.7. The lowest BCUT2D eigenvalue weighted by Crippen LogP contribution is -2.54. The van der Waals surface area contributed by atoms with E-state index >= 15 is 4.39 Å². The van der Waals surface area contributed by atoms with Gasteiger partial charge < -0.3 is 25.0 Å². The van der Waals surface area contributed by atoms with Crippen LogP contribution in [0.3, 0.4) is 0 Å². The Morgan fingerprint density at radius 2 is 1.78 bits per heavy atom. The molecule has 4 saturated heterocycles. The molecule has 0 saturated carbocycles. The van der Waals surface area contributed by atoms with Gasteiger partial charge >= 0.3 is 0 Å². The molecule has 5 heterocycles. The highest BCUT2D eigenvalue weighted by Crippen LogP contribution is 2.40. The third-order valence-corrected chi connectivity index (χ3v) is 10.7. The fraction of sp³-hybridized carbons (Fsp3) is 0.595. The molecule has 5 aliphatic rings. The lowest BCUT2D eigenvalue weighted by molar-refractivity contribution is 0.0716. The van der Waals surface area contributed by atoms with Crippen molar-refractivity contribution in [3.05, 3.63) is 65.3 Å². The van der Waals surface area contributed by atoms with E-state index < -0.39 is 0 Å². The molecule has 4 fully saturated rings. The summed E-state index contributed by atoms with van der Waals surface area (Å²) in [6.45, 7) is 11.2. The maximum Gasteiger partial charge on any atom is 0.211 e. The molecular weight excluding hydrogens is 565 g/mol. The number of piperazine rings is 1. The van der Waals surface area contributed by atoms with E-state index in [1.807, 2.05) is 18.2 Å². The highest BCUT2D eigenvalue weighted by molar-refractivity contribution is 6.01. The molecule has 2 N–H and O–H groups in total. The first kappa shape index (κ1) is 32.0. The Bertz CT molecular complexity index is 1410. The highest BCUT2D eigenvalue weighted by atomic mass is 19.1. The Hall–Kier alpha value is -2.94. The SMILES string of the molecule is CCC/C=C(/N=C(\C1=C(C)CN(c2cccc3cccc(F)c23)CC1)N1CC2CCC(C1)N2)OCC12CCCN1CCC2.CO. The van der Waals surface area contributed by atoms with Gasteiger partial charge in [0.2, 0.25) is 5.88 Å². The number of allylic oxidation sites excluding steroid dienone is 1. The van der Waals surface area contributed by atoms with E-state index in [-0.39, 0.29) is 11.4 Å². The Balaban J connectivity index is 0.00000175. The second-order valence-electron chi connectivity index (χ2n) is 13.6. The highest BCUT2D eigenvalue weighted by Gasteiger charge is 2.45. The minimum Gasteiger partial charge on any atom is -0.476 e. The number of nitrogens with one attached hydrogen (secondary N) is 1. The summed E-state index contributed by atoms with van der Waals surface area (Å²) in [5, 5.41) is 12.5. The maximum absolute atomic E-state index is 15.0. The number of unbranched alkanes of at least 4 members (excludes halogenated alkanes) is 1. The summed E-state index contributed by atoms with van der Waals surface area (Å²) in [4.78, 5) is 13.0. The Labute approximate surface area is 268 Å². The molecule has 0 aliphatic carbocycles. The average Bonchev–Trinajstić information content (AvgIpc) is 3.75. The van der Waals surface area contributed by atoms with Gasteiger partial charge in [-0.25, -0.2) is 4.39 Å². The molecule has 7 nitrogen and oxygen atoms in total. The molecule has 2 aromatic carbocycles. The fourth-order valence-corrected chi connectivity index (χ4v) is 8.45. The lowest BCUT2D eigenvalue weighted by Gasteiger charge is -2.39. The van der Waals surface area contributed by atoms with Gasteiger partial charge in [-0.2, -0.15) is 4.99 Å². The van der Waals surface area contributed by atoms with Crippen molar-refractivity contribution in [1.82, 2.24) is 15.1 Å². The van der Waals surface area contributed by atoms with Crippen molar-refractivity contribution in [2.45, 2.75) is 89.3 Å². The molecule has 2 atom stereocenters. The van der Waals surface area contributed by atoms with Crippen molar-refractivity contribution in [3.8, 4) is 0 Å². The molecule has 244 valence electrons. The summed E-state index contributed by atoms with van der Waals surface area (Å²) < 4.78 is 21.8. The van der Waals surface area contributed by atoms with Gasteiger partial charge in [0.15, 0.2) is 0 Å².